The first kappa shape index (κ1) is 30.8. The molecule has 0 aliphatic carbocycles. The molecular formula is C36H40N6O6. The summed E-state index contributed by atoms with van der Waals surface area (Å²) in [7, 11) is 1.63. The monoisotopic (exact) mass is 652 g/mol. The van der Waals surface area contributed by atoms with Crippen LogP contribution in [0.4, 0.5) is 0 Å². The third-order valence-electron chi connectivity index (χ3n) is 10.7. The highest BCUT2D eigenvalue weighted by atomic mass is 16.6. The molecule has 5 aromatic rings. The van der Waals surface area contributed by atoms with Gasteiger partial charge in [-0.3, -0.25) is 14.4 Å². The van der Waals surface area contributed by atoms with E-state index < -0.39 is 29.6 Å². The lowest BCUT2D eigenvalue weighted by atomic mass is 9.89. The molecule has 0 spiro atoms. The van der Waals surface area contributed by atoms with Crippen molar-refractivity contribution in [3.63, 3.8) is 0 Å². The molecule has 3 aliphatic rings. The van der Waals surface area contributed by atoms with Crippen molar-refractivity contribution >= 4 is 61.4 Å². The normalized spacial score (nSPS) is 23.2. The van der Waals surface area contributed by atoms with Gasteiger partial charge < -0.3 is 45.4 Å². The first-order chi connectivity index (χ1) is 23.2. The number of esters is 1. The van der Waals surface area contributed by atoms with Crippen LogP contribution in [-0.4, -0.2) is 65.4 Å². The Labute approximate surface area is 276 Å². The third-order valence-corrected chi connectivity index (χ3v) is 10.7. The number of hydrogen-bond acceptors (Lipinski definition) is 8. The van der Waals surface area contributed by atoms with Gasteiger partial charge in [-0.1, -0.05) is 42.8 Å². The van der Waals surface area contributed by atoms with Crippen LogP contribution in [0.1, 0.15) is 61.2 Å². The lowest BCUT2D eigenvalue weighted by Crippen LogP contribution is -2.55. The highest BCUT2D eigenvalue weighted by Gasteiger charge is 2.63. The Balaban J connectivity index is 1.19. The summed E-state index contributed by atoms with van der Waals surface area (Å²) in [5.41, 5.74) is 14.8. The van der Waals surface area contributed by atoms with Crippen molar-refractivity contribution in [3.05, 3.63) is 59.7 Å². The van der Waals surface area contributed by atoms with Crippen molar-refractivity contribution in [2.45, 2.75) is 69.2 Å². The van der Waals surface area contributed by atoms with Gasteiger partial charge in [0.15, 0.2) is 11.3 Å². The summed E-state index contributed by atoms with van der Waals surface area (Å²) >= 11 is 0. The molecule has 8 rings (SSSR count). The topological polar surface area (TPSA) is 165 Å². The maximum absolute atomic E-state index is 13.5. The smallest absolute Gasteiger partial charge is 0.307 e. The Morgan fingerprint density at radius 3 is 2.56 bits per heavy atom. The quantitative estimate of drug-likeness (QED) is 0.124. The SMILES string of the molecule is CO[C@]1(COC(=O)CCNC(=O)[C@@H](N)CCCCN)CC2O[C@]1(C)n1c3ccccc3c3c4c(c5c6ccccc6n2c5c31)C(=O)NC4. The van der Waals surface area contributed by atoms with Crippen LogP contribution in [0.2, 0.25) is 0 Å². The maximum atomic E-state index is 13.5. The van der Waals surface area contributed by atoms with E-state index in [0.717, 1.165) is 62.0 Å². The standard InChI is InChI=1S/C36H40N6O6/c1-35-36(46-2,19-47-27(43)14-16-39-33(44)23(38)11-7-8-15-37)17-26(48-35)41-24-12-5-3-9-20(24)29-30-22(18-40-34(30)45)28-21-10-4-6-13-25(21)42(35)32(28)31(29)41/h3-6,9-10,12-13,23,26H,7-8,11,14-19,37-38H2,1-2H3,(H,39,44)(H,40,45)/t23-,26?,35-,36-/m0/s1. The van der Waals surface area contributed by atoms with Gasteiger partial charge in [0.2, 0.25) is 5.91 Å². The second kappa shape index (κ2) is 11.3. The molecule has 250 valence electrons. The molecule has 48 heavy (non-hydrogen) atoms. The fraction of sp³-hybridized carbons (Fsp3) is 0.417. The van der Waals surface area contributed by atoms with Crippen LogP contribution < -0.4 is 22.1 Å². The molecule has 5 heterocycles. The molecular weight excluding hydrogens is 612 g/mol. The zero-order valence-electron chi connectivity index (χ0n) is 27.1. The average Bonchev–Trinajstić information content (AvgIpc) is 3.80. The van der Waals surface area contributed by atoms with Crippen LogP contribution in [0.25, 0.3) is 43.6 Å². The van der Waals surface area contributed by atoms with Crippen LogP contribution in [0.15, 0.2) is 48.5 Å². The van der Waals surface area contributed by atoms with Gasteiger partial charge in [0.05, 0.1) is 40.1 Å². The Bertz CT molecular complexity index is 2150. The highest BCUT2D eigenvalue weighted by Crippen LogP contribution is 2.58. The minimum atomic E-state index is -1.12. The minimum Gasteiger partial charge on any atom is -0.462 e. The van der Waals surface area contributed by atoms with Crippen LogP contribution >= 0.6 is 0 Å². The molecule has 12 nitrogen and oxygen atoms in total. The van der Waals surface area contributed by atoms with Gasteiger partial charge in [-0.05, 0) is 44.0 Å². The molecule has 2 aromatic heterocycles. The third kappa shape index (κ3) is 4.19. The van der Waals surface area contributed by atoms with E-state index in [9.17, 15) is 14.4 Å². The summed E-state index contributed by atoms with van der Waals surface area (Å²) in [6, 6.07) is 15.6. The lowest BCUT2D eigenvalue weighted by Gasteiger charge is -2.42. The number of rotatable bonds is 11. The molecule has 3 aromatic carbocycles. The van der Waals surface area contributed by atoms with E-state index in [0.29, 0.717) is 31.5 Å². The fourth-order valence-corrected chi connectivity index (χ4v) is 8.36. The number of methoxy groups -OCH3 is 1. The fourth-order valence-electron chi connectivity index (χ4n) is 8.36. The predicted molar refractivity (Wildman–Crippen MR) is 181 cm³/mol. The number of nitrogens with one attached hydrogen (secondary N) is 2. The maximum Gasteiger partial charge on any atom is 0.307 e. The number of para-hydroxylation sites is 2. The number of hydrogen-bond donors (Lipinski definition) is 4. The van der Waals surface area contributed by atoms with E-state index >= 15 is 0 Å². The number of carbonyl (C=O) groups excluding carboxylic acids is 3. The van der Waals surface area contributed by atoms with Crippen LogP contribution in [0.5, 0.6) is 0 Å². The number of unbranched alkanes of at least 4 members (excludes halogenated alkanes) is 1. The summed E-state index contributed by atoms with van der Waals surface area (Å²) in [4.78, 5) is 39.0. The lowest BCUT2D eigenvalue weighted by molar-refractivity contribution is -0.208. The summed E-state index contributed by atoms with van der Waals surface area (Å²) in [6.07, 6.45) is 1.98. The summed E-state index contributed by atoms with van der Waals surface area (Å²) < 4.78 is 23.9. The number of benzene rings is 3. The van der Waals surface area contributed by atoms with Gasteiger partial charge in [0.25, 0.3) is 5.91 Å². The van der Waals surface area contributed by atoms with Crippen molar-refractivity contribution in [2.24, 2.45) is 11.5 Å². The first-order valence-corrected chi connectivity index (χ1v) is 16.7. The van der Waals surface area contributed by atoms with Crippen molar-refractivity contribution in [2.75, 3.05) is 26.8 Å². The second-order valence-electron chi connectivity index (χ2n) is 13.3. The van der Waals surface area contributed by atoms with Crippen LogP contribution in [-0.2, 0) is 36.1 Å². The van der Waals surface area contributed by atoms with Gasteiger partial charge in [-0.2, -0.15) is 0 Å². The molecule has 3 aliphatic heterocycles. The molecule has 1 unspecified atom stereocenters. The molecule has 1 fully saturated rings. The minimum absolute atomic E-state index is 0.0163. The molecule has 4 atom stereocenters. The summed E-state index contributed by atoms with van der Waals surface area (Å²) in [5.74, 6) is -0.841. The average molecular weight is 653 g/mol. The molecule has 1 saturated heterocycles. The van der Waals surface area contributed by atoms with E-state index in [-0.39, 0.29) is 31.4 Å². The molecule has 0 radical (unpaired) electrons. The number of aromatic nitrogens is 2. The Kier molecular flexibility index (Phi) is 7.26. The van der Waals surface area contributed by atoms with E-state index in [1.165, 1.54) is 0 Å². The zero-order chi connectivity index (χ0) is 33.4. The number of ether oxygens (including phenoxy) is 3. The number of fused-ring (bicyclic) bond motifs is 13. The Hall–Kier alpha value is -4.49. The first-order valence-electron chi connectivity index (χ1n) is 16.7. The van der Waals surface area contributed by atoms with E-state index in [1.807, 2.05) is 31.2 Å². The highest BCUT2D eigenvalue weighted by molar-refractivity contribution is 6.31. The molecule has 6 N–H and O–H groups in total. The summed E-state index contributed by atoms with van der Waals surface area (Å²) in [5, 5.41) is 9.75. The number of nitrogens with zero attached hydrogens (tertiary/aromatic N) is 2. The number of nitrogens with two attached hydrogens (primary N) is 2. The van der Waals surface area contributed by atoms with Crippen molar-refractivity contribution in [3.8, 4) is 0 Å². The van der Waals surface area contributed by atoms with E-state index in [4.69, 9.17) is 25.7 Å². The van der Waals surface area contributed by atoms with Gasteiger partial charge in [-0.15, -0.1) is 0 Å². The van der Waals surface area contributed by atoms with Crippen LogP contribution in [0.3, 0.4) is 0 Å². The van der Waals surface area contributed by atoms with Crippen molar-refractivity contribution < 1.29 is 28.6 Å². The zero-order valence-corrected chi connectivity index (χ0v) is 27.1. The van der Waals surface area contributed by atoms with Crippen molar-refractivity contribution in [1.29, 1.82) is 0 Å². The number of carbonyl (C=O) groups is 3. The molecule has 12 heteroatoms. The number of amides is 2. The van der Waals surface area contributed by atoms with Gasteiger partial charge in [-0.25, -0.2) is 0 Å². The molecule has 0 saturated carbocycles. The van der Waals surface area contributed by atoms with E-state index in [1.54, 1.807) is 7.11 Å². The second-order valence-corrected chi connectivity index (χ2v) is 13.3. The van der Waals surface area contributed by atoms with Gasteiger partial charge in [0.1, 0.15) is 12.8 Å². The van der Waals surface area contributed by atoms with Gasteiger partial charge >= 0.3 is 5.97 Å². The molecule has 2 bridgehead atoms. The summed E-state index contributed by atoms with van der Waals surface area (Å²) in [6.45, 7) is 3.02. The van der Waals surface area contributed by atoms with Gasteiger partial charge in [0, 0.05) is 48.2 Å². The van der Waals surface area contributed by atoms with Crippen molar-refractivity contribution in [1.82, 2.24) is 19.8 Å². The van der Waals surface area contributed by atoms with E-state index in [2.05, 4.69) is 44.0 Å². The Morgan fingerprint density at radius 1 is 1.08 bits per heavy atom. The predicted octanol–water partition coefficient (Wildman–Crippen LogP) is 3.64. The largest absolute Gasteiger partial charge is 0.462 e. The Morgan fingerprint density at radius 2 is 1.81 bits per heavy atom. The molecule has 2 amide bonds. The van der Waals surface area contributed by atoms with Crippen LogP contribution in [0, 0.1) is 0 Å².